The van der Waals surface area contributed by atoms with Crippen LogP contribution in [0.15, 0.2) is 60.7 Å². The fourth-order valence-corrected chi connectivity index (χ4v) is 12.5. The van der Waals surface area contributed by atoms with Gasteiger partial charge in [0.15, 0.2) is 17.4 Å². The van der Waals surface area contributed by atoms with Gasteiger partial charge in [0.2, 0.25) is 0 Å². The van der Waals surface area contributed by atoms with Crippen LogP contribution in [0.25, 0.3) is 0 Å². The van der Waals surface area contributed by atoms with Crippen LogP contribution in [0.2, 0.25) is 5.04 Å². The van der Waals surface area contributed by atoms with Gasteiger partial charge in [0, 0.05) is 6.42 Å². The number of hydrogen-bond acceptors (Lipinski definition) is 6. The topological polar surface area (TPSA) is 71.1 Å². The van der Waals surface area contributed by atoms with Crippen molar-refractivity contribution in [3.05, 3.63) is 60.7 Å². The van der Waals surface area contributed by atoms with E-state index in [4.69, 9.17) is 18.6 Å². The van der Waals surface area contributed by atoms with Crippen molar-refractivity contribution in [1.29, 1.82) is 0 Å². The van der Waals surface area contributed by atoms with Crippen molar-refractivity contribution in [2.24, 2.45) is 0 Å². The fourth-order valence-electron chi connectivity index (χ4n) is 8.01. The van der Waals surface area contributed by atoms with Gasteiger partial charge in [-0.3, -0.25) is 9.59 Å². The number of benzene rings is 2. The Bertz CT molecular complexity index is 1250. The maximum atomic E-state index is 13.7. The number of unbranched alkanes of at least 4 members (excludes halogenated alkanes) is 9. The number of hydrogen-bond donors (Lipinski definition) is 0. The molecule has 4 rings (SSSR count). The van der Waals surface area contributed by atoms with E-state index >= 15 is 0 Å². The lowest BCUT2D eigenvalue weighted by Crippen LogP contribution is -2.67. The van der Waals surface area contributed by atoms with Crippen LogP contribution in [-0.4, -0.2) is 56.7 Å². The molecular weight excluding hydrogens is 641 g/mol. The second-order valence-corrected chi connectivity index (χ2v) is 20.5. The van der Waals surface area contributed by atoms with E-state index in [9.17, 15) is 9.59 Å². The molecule has 0 unspecified atom stereocenters. The largest absolute Gasteiger partial charge is 0.400 e. The van der Waals surface area contributed by atoms with Gasteiger partial charge in [-0.05, 0) is 61.4 Å². The molecule has 0 saturated carbocycles. The van der Waals surface area contributed by atoms with Gasteiger partial charge in [0.25, 0.3) is 8.32 Å². The number of carbonyl (C=O) groups excluding carboxylic acids is 2. The van der Waals surface area contributed by atoms with E-state index in [2.05, 4.69) is 52.0 Å². The number of ketones is 2. The maximum absolute atomic E-state index is 13.7. The van der Waals surface area contributed by atoms with E-state index in [1.54, 1.807) is 0 Å². The van der Waals surface area contributed by atoms with Gasteiger partial charge in [-0.25, -0.2) is 0 Å². The summed E-state index contributed by atoms with van der Waals surface area (Å²) < 4.78 is 25.7. The molecule has 0 aromatic heterocycles. The second kappa shape index (κ2) is 19.6. The average Bonchev–Trinajstić information content (AvgIpc) is 3.41. The van der Waals surface area contributed by atoms with Crippen molar-refractivity contribution in [2.45, 2.75) is 180 Å². The van der Waals surface area contributed by atoms with Crippen LogP contribution >= 0.6 is 0 Å². The van der Waals surface area contributed by atoms with E-state index < -0.39 is 26.3 Å². The second-order valence-electron chi connectivity index (χ2n) is 16.2. The Morgan fingerprint density at radius 1 is 0.720 bits per heavy atom. The lowest BCUT2D eigenvalue weighted by Gasteiger charge is -2.43. The Morgan fingerprint density at radius 2 is 1.20 bits per heavy atom. The van der Waals surface area contributed by atoms with E-state index in [1.807, 2.05) is 50.2 Å². The van der Waals surface area contributed by atoms with Crippen LogP contribution in [0.3, 0.4) is 0 Å². The van der Waals surface area contributed by atoms with Crippen molar-refractivity contribution >= 4 is 30.3 Å². The summed E-state index contributed by atoms with van der Waals surface area (Å²) in [6.07, 6.45) is 15.7. The minimum absolute atomic E-state index is 0.00655. The molecule has 6 nitrogen and oxygen atoms in total. The lowest BCUT2D eigenvalue weighted by molar-refractivity contribution is -0.153. The van der Waals surface area contributed by atoms with Gasteiger partial charge in [0.05, 0.1) is 18.8 Å². The van der Waals surface area contributed by atoms with Crippen LogP contribution in [0, 0.1) is 0 Å². The molecule has 4 atom stereocenters. The molecule has 7 heteroatoms. The molecule has 2 saturated heterocycles. The Morgan fingerprint density at radius 3 is 1.72 bits per heavy atom. The predicted octanol–water partition coefficient (Wildman–Crippen LogP) is 9.25. The minimum atomic E-state index is -2.85. The third-order valence-corrected chi connectivity index (χ3v) is 15.6. The van der Waals surface area contributed by atoms with Gasteiger partial charge in [-0.15, -0.1) is 0 Å². The number of Topliss-reactive ketones (excluding diaryl/α,β-unsaturated/α-hetero) is 2. The van der Waals surface area contributed by atoms with Crippen molar-refractivity contribution < 1.29 is 28.2 Å². The molecule has 0 bridgehead atoms. The molecule has 0 aliphatic carbocycles. The average molecular weight is 707 g/mol. The molecule has 0 radical (unpaired) electrons. The molecule has 2 aliphatic heterocycles. The molecule has 2 fully saturated rings. The molecular formula is C43H66O6Si. The standard InChI is InChI=1S/C43H66O6Si/c1-7-8-9-10-11-12-13-14-15-22-28-40-41(49-43(5,6)48-40)32-31-36(44)38-29-23-30-39(47-38)37(45)33-46-50(42(2,3)4,34-24-18-16-19-25-34)35-26-20-17-21-27-35/h16-21,24-27,38-41H,7-15,22-23,28-33H2,1-6H3/t38-,39+,40-,41-/m1/s1. The zero-order valence-corrected chi connectivity index (χ0v) is 33.1. The highest BCUT2D eigenvalue weighted by molar-refractivity contribution is 6.99. The molecule has 2 heterocycles. The summed E-state index contributed by atoms with van der Waals surface area (Å²) in [6, 6.07) is 20.7. The van der Waals surface area contributed by atoms with Crippen LogP contribution in [-0.2, 0) is 28.2 Å². The Hall–Kier alpha value is -2.16. The molecule has 0 spiro atoms. The number of rotatable bonds is 21. The first-order valence-corrected chi connectivity index (χ1v) is 21.7. The Balaban J connectivity index is 1.28. The van der Waals surface area contributed by atoms with E-state index in [-0.39, 0.29) is 35.4 Å². The molecule has 2 aliphatic rings. The van der Waals surface area contributed by atoms with Crippen molar-refractivity contribution in [1.82, 2.24) is 0 Å². The van der Waals surface area contributed by atoms with Crippen molar-refractivity contribution in [2.75, 3.05) is 6.61 Å². The van der Waals surface area contributed by atoms with E-state index in [0.29, 0.717) is 25.7 Å². The SMILES string of the molecule is CCCCCCCCCCCC[C@H]1OC(C)(C)O[C@@H]1CCC(=O)[C@H]1CCC[C@@H](C(=O)CO[Si](c2ccccc2)(c2ccccc2)C(C)(C)C)O1. The third kappa shape index (κ3) is 11.4. The van der Waals surface area contributed by atoms with Crippen LogP contribution in [0.1, 0.15) is 144 Å². The highest BCUT2D eigenvalue weighted by Crippen LogP contribution is 2.37. The maximum Gasteiger partial charge on any atom is 0.261 e. The highest BCUT2D eigenvalue weighted by atomic mass is 28.4. The molecule has 0 N–H and O–H groups in total. The molecule has 50 heavy (non-hydrogen) atoms. The zero-order chi connectivity index (χ0) is 36.0. The van der Waals surface area contributed by atoms with Gasteiger partial charge >= 0.3 is 0 Å². The first kappa shape index (κ1) is 40.6. The van der Waals surface area contributed by atoms with Gasteiger partial charge in [0.1, 0.15) is 12.2 Å². The molecule has 0 amide bonds. The van der Waals surface area contributed by atoms with Crippen LogP contribution in [0.5, 0.6) is 0 Å². The smallest absolute Gasteiger partial charge is 0.261 e. The predicted molar refractivity (Wildman–Crippen MR) is 206 cm³/mol. The van der Waals surface area contributed by atoms with Crippen LogP contribution in [0.4, 0.5) is 0 Å². The lowest BCUT2D eigenvalue weighted by atomic mass is 9.95. The Kier molecular flexibility index (Phi) is 15.9. The molecule has 2 aromatic rings. The quantitative estimate of drug-likeness (QED) is 0.0953. The first-order chi connectivity index (χ1) is 24.0. The summed E-state index contributed by atoms with van der Waals surface area (Å²) in [5.74, 6) is -0.663. The van der Waals surface area contributed by atoms with Gasteiger partial charge in [-0.1, -0.05) is 153 Å². The zero-order valence-electron chi connectivity index (χ0n) is 32.1. The first-order valence-electron chi connectivity index (χ1n) is 19.8. The summed E-state index contributed by atoms with van der Waals surface area (Å²) in [7, 11) is -2.85. The monoisotopic (exact) mass is 706 g/mol. The van der Waals surface area contributed by atoms with Gasteiger partial charge in [-0.2, -0.15) is 0 Å². The van der Waals surface area contributed by atoms with Gasteiger partial charge < -0.3 is 18.6 Å². The summed E-state index contributed by atoms with van der Waals surface area (Å²) in [5, 5.41) is 2.04. The summed E-state index contributed by atoms with van der Waals surface area (Å²) in [4.78, 5) is 27.2. The van der Waals surface area contributed by atoms with Crippen molar-refractivity contribution in [3.8, 4) is 0 Å². The van der Waals surface area contributed by atoms with Crippen molar-refractivity contribution in [3.63, 3.8) is 0 Å². The van der Waals surface area contributed by atoms with E-state index in [0.717, 1.165) is 29.6 Å². The van der Waals surface area contributed by atoms with Crippen LogP contribution < -0.4 is 10.4 Å². The number of carbonyl (C=O) groups is 2. The summed E-state index contributed by atoms with van der Waals surface area (Å²) in [6.45, 7) is 12.8. The summed E-state index contributed by atoms with van der Waals surface area (Å²) >= 11 is 0. The molecule has 278 valence electrons. The highest BCUT2D eigenvalue weighted by Gasteiger charge is 2.51. The number of ether oxygens (including phenoxy) is 3. The van der Waals surface area contributed by atoms with E-state index in [1.165, 1.54) is 57.8 Å². The summed E-state index contributed by atoms with van der Waals surface area (Å²) in [5.41, 5.74) is 0. The Labute approximate surface area is 304 Å². The normalized spacial score (nSPS) is 22.4. The fraction of sp³-hybridized carbons (Fsp3) is 0.674. The molecule has 2 aromatic carbocycles. The minimum Gasteiger partial charge on any atom is -0.400 e. The third-order valence-electron chi connectivity index (χ3n) is 10.6.